The van der Waals surface area contributed by atoms with Gasteiger partial charge in [0.2, 0.25) is 0 Å². The van der Waals surface area contributed by atoms with Gasteiger partial charge in [0.1, 0.15) is 0 Å². The van der Waals surface area contributed by atoms with Crippen LogP contribution in [-0.4, -0.2) is 10.9 Å². The first kappa shape index (κ1) is 19.8. The summed E-state index contributed by atoms with van der Waals surface area (Å²) < 4.78 is 0. The Balaban J connectivity index is 2.95. The van der Waals surface area contributed by atoms with Crippen LogP contribution in [0.4, 0.5) is 0 Å². The molecule has 0 bridgehead atoms. The fourth-order valence-corrected chi connectivity index (χ4v) is 3.01. The molecule has 0 amide bonds. The maximum Gasteiger partial charge on any atom is 0.185 e. The molecule has 0 unspecified atom stereocenters. The van der Waals surface area contributed by atoms with Crippen molar-refractivity contribution in [1.82, 2.24) is 0 Å². The van der Waals surface area contributed by atoms with Crippen LogP contribution in [0, 0.1) is 0 Å². The predicted molar refractivity (Wildman–Crippen MR) is 93.4 cm³/mol. The first-order valence-corrected chi connectivity index (χ1v) is 9.50. The van der Waals surface area contributed by atoms with E-state index in [0.29, 0.717) is 0 Å². The number of allylic oxidation sites excluding steroid dienone is 1. The van der Waals surface area contributed by atoms with Crippen molar-refractivity contribution in [2.75, 3.05) is 5.75 Å². The number of rotatable bonds is 15. The van der Waals surface area contributed by atoms with Gasteiger partial charge in [-0.2, -0.15) is 0 Å². The maximum atomic E-state index is 10.7. The summed E-state index contributed by atoms with van der Waals surface area (Å²) in [7, 11) is 0. The highest BCUT2D eigenvalue weighted by atomic mass is 32.2. The average molecular weight is 299 g/mol. The number of carbonyl (C=O) groups is 1. The Hall–Kier alpha value is -0.240. The smallest absolute Gasteiger partial charge is 0.185 e. The third-order valence-corrected chi connectivity index (χ3v) is 4.51. The molecule has 0 aromatic heterocycles. The van der Waals surface area contributed by atoms with Gasteiger partial charge in [-0.25, -0.2) is 0 Å². The lowest BCUT2D eigenvalue weighted by molar-refractivity contribution is -0.109. The van der Waals surface area contributed by atoms with Gasteiger partial charge in [-0.3, -0.25) is 4.79 Å². The summed E-state index contributed by atoms with van der Waals surface area (Å²) in [6.45, 7) is 5.41. The predicted octanol–water partition coefficient (Wildman–Crippen LogP) is 6.52. The molecule has 0 heterocycles. The molecule has 0 aliphatic rings. The van der Waals surface area contributed by atoms with E-state index < -0.39 is 0 Å². The second-order valence-electron chi connectivity index (χ2n) is 5.66. The quantitative estimate of drug-likeness (QED) is 0.253. The van der Waals surface area contributed by atoms with Crippen LogP contribution in [-0.2, 0) is 4.79 Å². The number of thioether (sulfide) groups is 1. The van der Waals surface area contributed by atoms with Crippen molar-refractivity contribution in [2.24, 2.45) is 0 Å². The first-order valence-electron chi connectivity index (χ1n) is 8.51. The lowest BCUT2D eigenvalue weighted by Gasteiger charge is -2.02. The summed E-state index contributed by atoms with van der Waals surface area (Å²) in [5.74, 6) is 1.02. The second kappa shape index (κ2) is 16.8. The Bertz CT molecular complexity index is 225. The SMILES string of the molecule is C=CCCCCCCCCCCCCCCSC(C)=O. The highest BCUT2D eigenvalue weighted by Gasteiger charge is 1.95. The van der Waals surface area contributed by atoms with Crippen LogP contribution in [0.1, 0.15) is 90.4 Å². The van der Waals surface area contributed by atoms with Gasteiger partial charge in [-0.05, 0) is 19.3 Å². The van der Waals surface area contributed by atoms with Crippen molar-refractivity contribution in [3.63, 3.8) is 0 Å². The van der Waals surface area contributed by atoms with Crippen molar-refractivity contribution in [2.45, 2.75) is 90.4 Å². The minimum Gasteiger partial charge on any atom is -0.288 e. The van der Waals surface area contributed by atoms with Crippen LogP contribution >= 0.6 is 11.8 Å². The van der Waals surface area contributed by atoms with Gasteiger partial charge in [0.15, 0.2) is 5.12 Å². The monoisotopic (exact) mass is 298 g/mol. The van der Waals surface area contributed by atoms with Crippen molar-refractivity contribution in [1.29, 1.82) is 0 Å². The molecule has 0 aromatic rings. The number of hydrogen-bond acceptors (Lipinski definition) is 2. The van der Waals surface area contributed by atoms with E-state index in [-0.39, 0.29) is 5.12 Å². The number of hydrogen-bond donors (Lipinski definition) is 0. The number of carbonyl (C=O) groups excluding carboxylic acids is 1. The summed E-state index contributed by atoms with van der Waals surface area (Å²) in [5, 5.41) is 0.259. The first-order chi connectivity index (χ1) is 9.77. The van der Waals surface area contributed by atoms with Gasteiger partial charge in [0.25, 0.3) is 0 Å². The van der Waals surface area contributed by atoms with Gasteiger partial charge >= 0.3 is 0 Å². The highest BCUT2D eigenvalue weighted by Crippen LogP contribution is 2.13. The van der Waals surface area contributed by atoms with Gasteiger partial charge in [0, 0.05) is 12.7 Å². The standard InChI is InChI=1S/C18H34OS/c1-3-4-5-6-7-8-9-10-11-12-13-14-15-16-17-20-18(2)19/h3H,1,4-17H2,2H3. The largest absolute Gasteiger partial charge is 0.288 e. The van der Waals surface area contributed by atoms with Crippen LogP contribution in [0.25, 0.3) is 0 Å². The summed E-state index contributed by atoms with van der Waals surface area (Å²) in [6.07, 6.45) is 19.6. The third kappa shape index (κ3) is 17.8. The van der Waals surface area contributed by atoms with Crippen LogP contribution in [0.5, 0.6) is 0 Å². The molecular formula is C18H34OS. The molecule has 0 aromatic carbocycles. The van der Waals surface area contributed by atoms with Crippen molar-refractivity contribution in [3.8, 4) is 0 Å². The van der Waals surface area contributed by atoms with E-state index in [1.807, 2.05) is 6.08 Å². The van der Waals surface area contributed by atoms with Gasteiger partial charge in [0.05, 0.1) is 0 Å². The van der Waals surface area contributed by atoms with E-state index >= 15 is 0 Å². The maximum absolute atomic E-state index is 10.7. The summed E-state index contributed by atoms with van der Waals surface area (Å²) in [6, 6.07) is 0. The minimum absolute atomic E-state index is 0.259. The molecule has 0 atom stereocenters. The molecule has 20 heavy (non-hydrogen) atoms. The van der Waals surface area contributed by atoms with Crippen molar-refractivity contribution >= 4 is 16.9 Å². The Kier molecular flexibility index (Phi) is 16.6. The van der Waals surface area contributed by atoms with Crippen LogP contribution in [0.3, 0.4) is 0 Å². The molecule has 0 rings (SSSR count). The Morgan fingerprint density at radius 1 is 0.800 bits per heavy atom. The third-order valence-electron chi connectivity index (χ3n) is 3.61. The fraction of sp³-hybridized carbons (Fsp3) is 0.833. The molecule has 0 N–H and O–H groups in total. The molecule has 1 nitrogen and oxygen atoms in total. The molecule has 0 aliphatic carbocycles. The molecule has 0 aliphatic heterocycles. The Morgan fingerprint density at radius 2 is 1.20 bits per heavy atom. The average Bonchev–Trinajstić information content (AvgIpc) is 2.43. The summed E-state index contributed by atoms with van der Waals surface area (Å²) in [5.41, 5.74) is 0. The summed E-state index contributed by atoms with van der Waals surface area (Å²) >= 11 is 1.47. The van der Waals surface area contributed by atoms with E-state index in [9.17, 15) is 4.79 Å². The molecule has 0 fully saturated rings. The van der Waals surface area contributed by atoms with E-state index in [4.69, 9.17) is 0 Å². The Labute approximate surface area is 131 Å². The van der Waals surface area contributed by atoms with Crippen LogP contribution < -0.4 is 0 Å². The summed E-state index contributed by atoms with van der Waals surface area (Å²) in [4.78, 5) is 10.7. The highest BCUT2D eigenvalue weighted by molar-refractivity contribution is 8.13. The van der Waals surface area contributed by atoms with E-state index in [2.05, 4.69) is 6.58 Å². The molecule has 0 saturated heterocycles. The topological polar surface area (TPSA) is 17.1 Å². The molecule has 0 radical (unpaired) electrons. The van der Waals surface area contributed by atoms with Crippen LogP contribution in [0.2, 0.25) is 0 Å². The minimum atomic E-state index is 0.259. The van der Waals surface area contributed by atoms with Gasteiger partial charge in [-0.15, -0.1) is 6.58 Å². The zero-order chi connectivity index (χ0) is 14.9. The number of unbranched alkanes of at least 4 members (excludes halogenated alkanes) is 12. The van der Waals surface area contributed by atoms with Gasteiger partial charge < -0.3 is 0 Å². The molecule has 0 saturated carbocycles. The lowest BCUT2D eigenvalue weighted by atomic mass is 10.0. The molecular weight excluding hydrogens is 264 g/mol. The van der Waals surface area contributed by atoms with E-state index in [1.165, 1.54) is 95.2 Å². The Morgan fingerprint density at radius 3 is 1.60 bits per heavy atom. The second-order valence-corrected chi connectivity index (χ2v) is 6.93. The normalized spacial score (nSPS) is 10.7. The van der Waals surface area contributed by atoms with Crippen molar-refractivity contribution < 1.29 is 4.79 Å². The lowest BCUT2D eigenvalue weighted by Crippen LogP contribution is -1.87. The van der Waals surface area contributed by atoms with E-state index in [1.54, 1.807) is 6.92 Å². The van der Waals surface area contributed by atoms with Crippen molar-refractivity contribution in [3.05, 3.63) is 12.7 Å². The van der Waals surface area contributed by atoms with Crippen LogP contribution in [0.15, 0.2) is 12.7 Å². The zero-order valence-corrected chi connectivity index (χ0v) is 14.3. The zero-order valence-electron chi connectivity index (χ0n) is 13.5. The van der Waals surface area contributed by atoms with E-state index in [0.717, 1.165) is 5.75 Å². The fourth-order valence-electron chi connectivity index (χ4n) is 2.37. The van der Waals surface area contributed by atoms with Gasteiger partial charge in [-0.1, -0.05) is 82.0 Å². The molecule has 2 heteroatoms. The molecule has 118 valence electrons. The molecule has 0 spiro atoms.